The van der Waals surface area contributed by atoms with Crippen molar-refractivity contribution in [2.75, 3.05) is 18.1 Å². The van der Waals surface area contributed by atoms with Crippen molar-refractivity contribution in [3.63, 3.8) is 0 Å². The molecule has 0 aliphatic carbocycles. The van der Waals surface area contributed by atoms with Crippen molar-refractivity contribution < 1.29 is 23.1 Å². The minimum atomic E-state index is -3.40. The van der Waals surface area contributed by atoms with E-state index in [4.69, 9.17) is 4.74 Å². The van der Waals surface area contributed by atoms with Gasteiger partial charge in [-0.2, -0.15) is 0 Å². The lowest BCUT2D eigenvalue weighted by atomic mass is 10.1. The predicted molar refractivity (Wildman–Crippen MR) is 92.9 cm³/mol. The van der Waals surface area contributed by atoms with Crippen molar-refractivity contribution in [1.29, 1.82) is 0 Å². The van der Waals surface area contributed by atoms with Gasteiger partial charge in [0.2, 0.25) is 10.0 Å². The monoisotopic (exact) mass is 347 g/mol. The maximum Gasteiger partial charge on any atom is 0.229 e. The molecule has 0 bridgehead atoms. The standard InChI is InChI=1S/C17H17NO5S/c1-23-17-10-12(7-9-16(17)20)6-8-15(19)13-4-3-5-14(11-13)18-24(2,21)22/h3-11,18,20H,1-2H3/b8-6+. The number of nitrogens with one attached hydrogen (secondary N) is 1. The van der Waals surface area contributed by atoms with Gasteiger partial charge in [0.15, 0.2) is 17.3 Å². The number of methoxy groups -OCH3 is 1. The number of carbonyl (C=O) groups is 1. The topological polar surface area (TPSA) is 92.7 Å². The number of phenolic OH excluding ortho intramolecular Hbond substituents is 1. The maximum absolute atomic E-state index is 12.2. The Labute approximate surface area is 140 Å². The van der Waals surface area contributed by atoms with Crippen LogP contribution in [0.4, 0.5) is 5.69 Å². The van der Waals surface area contributed by atoms with Crippen LogP contribution in [0, 0.1) is 0 Å². The lowest BCUT2D eigenvalue weighted by Crippen LogP contribution is -2.10. The van der Waals surface area contributed by atoms with Crippen molar-refractivity contribution in [3.8, 4) is 11.5 Å². The van der Waals surface area contributed by atoms with Gasteiger partial charge in [-0.15, -0.1) is 0 Å². The van der Waals surface area contributed by atoms with Gasteiger partial charge in [0, 0.05) is 11.3 Å². The molecule has 0 heterocycles. The number of benzene rings is 2. The highest BCUT2D eigenvalue weighted by Crippen LogP contribution is 2.26. The van der Waals surface area contributed by atoms with Gasteiger partial charge < -0.3 is 9.84 Å². The average Bonchev–Trinajstić information content (AvgIpc) is 2.52. The van der Waals surface area contributed by atoms with E-state index >= 15 is 0 Å². The molecule has 0 unspecified atom stereocenters. The van der Waals surface area contributed by atoms with Gasteiger partial charge in [-0.25, -0.2) is 8.42 Å². The first-order chi connectivity index (χ1) is 11.3. The van der Waals surface area contributed by atoms with Crippen molar-refractivity contribution in [2.24, 2.45) is 0 Å². The van der Waals surface area contributed by atoms with Crippen molar-refractivity contribution in [3.05, 3.63) is 59.7 Å². The van der Waals surface area contributed by atoms with Gasteiger partial charge in [-0.3, -0.25) is 9.52 Å². The Kier molecular flexibility index (Phi) is 5.25. The quantitative estimate of drug-likeness (QED) is 0.619. The number of rotatable bonds is 6. The zero-order chi connectivity index (χ0) is 17.7. The summed E-state index contributed by atoms with van der Waals surface area (Å²) in [5.41, 5.74) is 1.36. The highest BCUT2D eigenvalue weighted by Gasteiger charge is 2.06. The van der Waals surface area contributed by atoms with E-state index in [0.29, 0.717) is 22.6 Å². The lowest BCUT2D eigenvalue weighted by molar-refractivity contribution is 0.104. The first kappa shape index (κ1) is 17.6. The van der Waals surface area contributed by atoms with Crippen LogP contribution in [-0.4, -0.2) is 32.7 Å². The molecule has 0 saturated heterocycles. The van der Waals surface area contributed by atoms with E-state index in [1.807, 2.05) is 0 Å². The fourth-order valence-corrected chi connectivity index (χ4v) is 2.57. The molecule has 7 heteroatoms. The first-order valence-electron chi connectivity index (χ1n) is 6.96. The highest BCUT2D eigenvalue weighted by molar-refractivity contribution is 7.92. The van der Waals surface area contributed by atoms with Crippen molar-refractivity contribution >= 4 is 27.6 Å². The largest absolute Gasteiger partial charge is 0.504 e. The molecule has 0 spiro atoms. The minimum Gasteiger partial charge on any atom is -0.504 e. The zero-order valence-electron chi connectivity index (χ0n) is 13.2. The first-order valence-corrected chi connectivity index (χ1v) is 8.85. The van der Waals surface area contributed by atoms with Crippen LogP contribution >= 0.6 is 0 Å². The van der Waals surface area contributed by atoms with Gasteiger partial charge >= 0.3 is 0 Å². The SMILES string of the molecule is COc1cc(/C=C/C(=O)c2cccc(NS(C)(=O)=O)c2)ccc1O. The van der Waals surface area contributed by atoms with Crippen LogP contribution in [0.5, 0.6) is 11.5 Å². The summed E-state index contributed by atoms with van der Waals surface area (Å²) >= 11 is 0. The van der Waals surface area contributed by atoms with E-state index in [1.54, 1.807) is 36.4 Å². The van der Waals surface area contributed by atoms with Crippen LogP contribution in [0.25, 0.3) is 6.08 Å². The number of ketones is 1. The molecule has 0 saturated carbocycles. The van der Waals surface area contributed by atoms with Gasteiger partial charge in [0.1, 0.15) is 0 Å². The van der Waals surface area contributed by atoms with E-state index in [2.05, 4.69) is 4.72 Å². The van der Waals surface area contributed by atoms with E-state index < -0.39 is 10.0 Å². The second-order valence-corrected chi connectivity index (χ2v) is 6.83. The molecule has 0 atom stereocenters. The van der Waals surface area contributed by atoms with Crippen LogP contribution in [-0.2, 0) is 10.0 Å². The van der Waals surface area contributed by atoms with Crippen LogP contribution in [0.2, 0.25) is 0 Å². The second kappa shape index (κ2) is 7.18. The summed E-state index contributed by atoms with van der Waals surface area (Å²) in [7, 11) is -1.97. The summed E-state index contributed by atoms with van der Waals surface area (Å²) in [6.45, 7) is 0. The Balaban J connectivity index is 2.19. The maximum atomic E-state index is 12.2. The molecule has 0 aliphatic heterocycles. The molecule has 0 amide bonds. The summed E-state index contributed by atoms with van der Waals surface area (Å²) in [5, 5.41) is 9.54. The smallest absolute Gasteiger partial charge is 0.229 e. The molecule has 0 aromatic heterocycles. The number of phenols is 1. The Morgan fingerprint density at radius 2 is 1.96 bits per heavy atom. The van der Waals surface area contributed by atoms with Gasteiger partial charge in [0.05, 0.1) is 13.4 Å². The Morgan fingerprint density at radius 1 is 1.21 bits per heavy atom. The number of allylic oxidation sites excluding steroid dienone is 1. The molecular weight excluding hydrogens is 330 g/mol. The molecule has 2 aromatic rings. The number of anilines is 1. The summed E-state index contributed by atoms with van der Waals surface area (Å²) < 4.78 is 29.8. The van der Waals surface area contributed by atoms with E-state index in [-0.39, 0.29) is 11.5 Å². The molecule has 2 aromatic carbocycles. The summed E-state index contributed by atoms with van der Waals surface area (Å²) in [6.07, 6.45) is 3.99. The van der Waals surface area contributed by atoms with Crippen LogP contribution in [0.1, 0.15) is 15.9 Å². The third kappa shape index (κ3) is 4.85. The second-order valence-electron chi connectivity index (χ2n) is 5.08. The highest BCUT2D eigenvalue weighted by atomic mass is 32.2. The number of aromatic hydroxyl groups is 1. The summed E-state index contributed by atoms with van der Waals surface area (Å²) in [4.78, 5) is 12.2. The summed E-state index contributed by atoms with van der Waals surface area (Å²) in [6, 6.07) is 10.9. The fourth-order valence-electron chi connectivity index (χ4n) is 2.02. The average molecular weight is 347 g/mol. The Bertz CT molecular complexity index is 888. The van der Waals surface area contributed by atoms with E-state index in [1.165, 1.54) is 25.3 Å². The molecule has 2 rings (SSSR count). The van der Waals surface area contributed by atoms with E-state index in [0.717, 1.165) is 6.26 Å². The minimum absolute atomic E-state index is 0.0144. The molecule has 2 N–H and O–H groups in total. The number of hydrogen-bond donors (Lipinski definition) is 2. The fraction of sp³-hybridized carbons (Fsp3) is 0.118. The molecule has 24 heavy (non-hydrogen) atoms. The molecule has 0 aliphatic rings. The van der Waals surface area contributed by atoms with Gasteiger partial charge in [0.25, 0.3) is 0 Å². The van der Waals surface area contributed by atoms with Gasteiger partial charge in [-0.1, -0.05) is 24.3 Å². The summed E-state index contributed by atoms with van der Waals surface area (Å²) in [5.74, 6) is 0.0451. The molecular formula is C17H17NO5S. The normalized spacial score (nSPS) is 11.4. The zero-order valence-corrected chi connectivity index (χ0v) is 14.0. The molecule has 6 nitrogen and oxygen atoms in total. The Hall–Kier alpha value is -2.80. The molecule has 126 valence electrons. The third-order valence-electron chi connectivity index (χ3n) is 3.08. The number of sulfonamides is 1. The predicted octanol–water partition coefficient (Wildman–Crippen LogP) is 2.67. The van der Waals surface area contributed by atoms with Crippen LogP contribution < -0.4 is 9.46 Å². The van der Waals surface area contributed by atoms with E-state index in [9.17, 15) is 18.3 Å². The van der Waals surface area contributed by atoms with Gasteiger partial charge in [-0.05, 0) is 35.9 Å². The van der Waals surface area contributed by atoms with Crippen LogP contribution in [0.3, 0.4) is 0 Å². The third-order valence-corrected chi connectivity index (χ3v) is 3.69. The Morgan fingerprint density at radius 3 is 2.62 bits per heavy atom. The molecule has 0 radical (unpaired) electrons. The number of hydrogen-bond acceptors (Lipinski definition) is 5. The number of ether oxygens (including phenoxy) is 1. The van der Waals surface area contributed by atoms with Crippen LogP contribution in [0.15, 0.2) is 48.5 Å². The lowest BCUT2D eigenvalue weighted by Gasteiger charge is -2.05. The molecule has 0 fully saturated rings. The van der Waals surface area contributed by atoms with Crippen molar-refractivity contribution in [1.82, 2.24) is 0 Å². The number of carbonyl (C=O) groups excluding carboxylic acids is 1. The van der Waals surface area contributed by atoms with Crippen molar-refractivity contribution in [2.45, 2.75) is 0 Å².